The monoisotopic (exact) mass is 489 g/mol. The molecule has 0 unspecified atom stereocenters. The molecule has 3 heterocycles. The van der Waals surface area contributed by atoms with Gasteiger partial charge in [0, 0.05) is 43.3 Å². The van der Waals surface area contributed by atoms with Gasteiger partial charge in [-0.05, 0) is 71.4 Å². The number of piperazine rings is 1. The predicted molar refractivity (Wildman–Crippen MR) is 141 cm³/mol. The second-order valence-corrected chi connectivity index (χ2v) is 10.7. The summed E-state index contributed by atoms with van der Waals surface area (Å²) in [4.78, 5) is 35.3. The second kappa shape index (κ2) is 9.52. The van der Waals surface area contributed by atoms with Crippen LogP contribution >= 0.6 is 0 Å². The highest BCUT2D eigenvalue weighted by molar-refractivity contribution is 5.86. The molecule has 5 rings (SSSR count). The third kappa shape index (κ3) is 5.20. The van der Waals surface area contributed by atoms with Crippen molar-refractivity contribution in [1.82, 2.24) is 24.8 Å². The summed E-state index contributed by atoms with van der Waals surface area (Å²) < 4.78 is 5.52. The molecule has 190 valence electrons. The van der Waals surface area contributed by atoms with Gasteiger partial charge in [0.15, 0.2) is 0 Å². The zero-order chi connectivity index (χ0) is 25.4. The molecule has 1 aliphatic carbocycles. The van der Waals surface area contributed by atoms with E-state index in [2.05, 4.69) is 27.3 Å². The first-order valence-corrected chi connectivity index (χ1v) is 12.8. The predicted octanol–water partition coefficient (Wildman–Crippen LogP) is 4.72. The van der Waals surface area contributed by atoms with Gasteiger partial charge in [-0.15, -0.1) is 0 Å². The molecule has 1 amide bonds. The van der Waals surface area contributed by atoms with Gasteiger partial charge in [0.2, 0.25) is 11.9 Å². The summed E-state index contributed by atoms with van der Waals surface area (Å²) in [6, 6.07) is 6.35. The Morgan fingerprint density at radius 2 is 1.67 bits per heavy atom. The van der Waals surface area contributed by atoms with Crippen LogP contribution in [0.15, 0.2) is 18.2 Å². The first-order chi connectivity index (χ1) is 17.2. The number of carbonyl (C=O) groups is 1. The van der Waals surface area contributed by atoms with E-state index in [4.69, 9.17) is 19.7 Å². The molecule has 2 aromatic heterocycles. The molecule has 1 N–H and O–H groups in total. The van der Waals surface area contributed by atoms with Crippen molar-refractivity contribution in [1.29, 1.82) is 0 Å². The molecule has 2 aliphatic rings. The SMILES string of the molecule is Cc1cc(N2CCN(C(=O)OC(C)(C)C)CC2)nc(Nc2nc(C)c3ccc4c(c3n2)CCCC4)n1. The van der Waals surface area contributed by atoms with Gasteiger partial charge in [0.05, 0.1) is 11.2 Å². The summed E-state index contributed by atoms with van der Waals surface area (Å²) in [6.07, 6.45) is 4.34. The van der Waals surface area contributed by atoms with E-state index < -0.39 is 5.60 Å². The van der Waals surface area contributed by atoms with Crippen molar-refractivity contribution in [3.8, 4) is 0 Å². The summed E-state index contributed by atoms with van der Waals surface area (Å²) >= 11 is 0. The third-order valence-electron chi connectivity index (χ3n) is 6.70. The van der Waals surface area contributed by atoms with Crippen LogP contribution in [0, 0.1) is 13.8 Å². The van der Waals surface area contributed by atoms with Crippen molar-refractivity contribution in [2.45, 2.75) is 65.9 Å². The summed E-state index contributed by atoms with van der Waals surface area (Å²) in [5, 5.41) is 4.37. The number of rotatable bonds is 3. The van der Waals surface area contributed by atoms with E-state index in [1.807, 2.05) is 40.7 Å². The maximum atomic E-state index is 12.4. The topological polar surface area (TPSA) is 96.4 Å². The largest absolute Gasteiger partial charge is 0.444 e. The average molecular weight is 490 g/mol. The van der Waals surface area contributed by atoms with Gasteiger partial charge in [-0.25, -0.2) is 19.7 Å². The Labute approximate surface area is 212 Å². The molecule has 9 nitrogen and oxygen atoms in total. The van der Waals surface area contributed by atoms with Crippen LogP contribution < -0.4 is 10.2 Å². The highest BCUT2D eigenvalue weighted by Gasteiger charge is 2.26. The standard InChI is InChI=1S/C27H35N7O2/c1-17-16-22(33-12-14-34(15-13-33)26(35)36-27(3,4)5)30-24(28-17)32-25-29-18(2)20-11-10-19-8-6-7-9-21(19)23(20)31-25/h10-11,16H,6-9,12-15H2,1-5H3,(H,28,29,30,31,32). The van der Waals surface area contributed by atoms with E-state index >= 15 is 0 Å². The molecular formula is C27H35N7O2. The molecule has 0 spiro atoms. The Balaban J connectivity index is 1.34. The molecule has 1 aliphatic heterocycles. The van der Waals surface area contributed by atoms with Crippen LogP contribution in [0.2, 0.25) is 0 Å². The fraction of sp³-hybridized carbons (Fsp3) is 0.519. The maximum Gasteiger partial charge on any atom is 0.410 e. The van der Waals surface area contributed by atoms with E-state index in [9.17, 15) is 4.79 Å². The molecule has 9 heteroatoms. The van der Waals surface area contributed by atoms with Crippen LogP contribution in [0.4, 0.5) is 22.5 Å². The van der Waals surface area contributed by atoms with Gasteiger partial charge < -0.3 is 14.5 Å². The third-order valence-corrected chi connectivity index (χ3v) is 6.70. The summed E-state index contributed by atoms with van der Waals surface area (Å²) in [5.41, 5.74) is 5.09. The van der Waals surface area contributed by atoms with E-state index in [0.717, 1.165) is 41.0 Å². The number of benzene rings is 1. The molecule has 1 saturated heterocycles. The molecule has 0 radical (unpaired) electrons. The quantitative estimate of drug-likeness (QED) is 0.565. The minimum Gasteiger partial charge on any atom is -0.444 e. The number of aromatic nitrogens is 4. The summed E-state index contributed by atoms with van der Waals surface area (Å²) in [5.74, 6) is 1.82. The van der Waals surface area contributed by atoms with Crippen molar-refractivity contribution >= 4 is 34.7 Å². The van der Waals surface area contributed by atoms with Gasteiger partial charge in [0.1, 0.15) is 11.4 Å². The Morgan fingerprint density at radius 1 is 0.944 bits per heavy atom. The Morgan fingerprint density at radius 3 is 2.42 bits per heavy atom. The fourth-order valence-electron chi connectivity index (χ4n) is 4.95. The molecule has 1 aromatic carbocycles. The van der Waals surface area contributed by atoms with Crippen molar-refractivity contribution in [2.24, 2.45) is 0 Å². The molecule has 36 heavy (non-hydrogen) atoms. The lowest BCUT2D eigenvalue weighted by atomic mass is 9.89. The number of ether oxygens (including phenoxy) is 1. The minimum atomic E-state index is -0.499. The number of hydrogen-bond donors (Lipinski definition) is 1. The fourth-order valence-corrected chi connectivity index (χ4v) is 4.95. The highest BCUT2D eigenvalue weighted by atomic mass is 16.6. The lowest BCUT2D eigenvalue weighted by Gasteiger charge is -2.36. The van der Waals surface area contributed by atoms with Crippen molar-refractivity contribution in [3.63, 3.8) is 0 Å². The summed E-state index contributed by atoms with van der Waals surface area (Å²) in [7, 11) is 0. The number of nitrogens with zero attached hydrogens (tertiary/aromatic N) is 6. The summed E-state index contributed by atoms with van der Waals surface area (Å²) in [6.45, 7) is 12.1. The number of carbonyl (C=O) groups excluding carboxylic acids is 1. The van der Waals surface area contributed by atoms with E-state index in [-0.39, 0.29) is 6.09 Å². The van der Waals surface area contributed by atoms with Crippen molar-refractivity contribution in [3.05, 3.63) is 40.7 Å². The first kappa shape index (κ1) is 24.2. The van der Waals surface area contributed by atoms with Gasteiger partial charge in [-0.3, -0.25) is 5.32 Å². The zero-order valence-corrected chi connectivity index (χ0v) is 21.9. The van der Waals surface area contributed by atoms with Crippen LogP contribution in [-0.2, 0) is 17.6 Å². The molecule has 1 fully saturated rings. The van der Waals surface area contributed by atoms with Crippen LogP contribution in [-0.4, -0.2) is 62.7 Å². The van der Waals surface area contributed by atoms with Crippen molar-refractivity contribution < 1.29 is 9.53 Å². The van der Waals surface area contributed by atoms with Gasteiger partial charge >= 0.3 is 6.09 Å². The molecule has 0 saturated carbocycles. The van der Waals surface area contributed by atoms with E-state index in [0.29, 0.717) is 38.1 Å². The number of aryl methyl sites for hydroxylation is 4. The Kier molecular flexibility index (Phi) is 6.40. The number of fused-ring (bicyclic) bond motifs is 3. The number of nitrogens with one attached hydrogen (secondary N) is 1. The van der Waals surface area contributed by atoms with Crippen molar-refractivity contribution in [2.75, 3.05) is 36.4 Å². The maximum absolute atomic E-state index is 12.4. The molecule has 0 bridgehead atoms. The van der Waals surface area contributed by atoms with Crippen LogP contribution in [0.5, 0.6) is 0 Å². The number of anilines is 3. The number of hydrogen-bond acceptors (Lipinski definition) is 8. The van der Waals surface area contributed by atoms with Gasteiger partial charge in [0.25, 0.3) is 0 Å². The Hall–Kier alpha value is -3.49. The van der Waals surface area contributed by atoms with Crippen LogP contribution in [0.25, 0.3) is 10.9 Å². The smallest absolute Gasteiger partial charge is 0.410 e. The number of amides is 1. The Bertz CT molecular complexity index is 1290. The normalized spacial score (nSPS) is 16.1. The van der Waals surface area contributed by atoms with Gasteiger partial charge in [-0.2, -0.15) is 4.98 Å². The van der Waals surface area contributed by atoms with E-state index in [1.165, 1.54) is 24.0 Å². The lowest BCUT2D eigenvalue weighted by molar-refractivity contribution is 0.0240. The van der Waals surface area contributed by atoms with Crippen LogP contribution in [0.1, 0.15) is 56.1 Å². The lowest BCUT2D eigenvalue weighted by Crippen LogP contribution is -2.50. The van der Waals surface area contributed by atoms with Gasteiger partial charge in [-0.1, -0.05) is 12.1 Å². The average Bonchev–Trinajstić information content (AvgIpc) is 2.82. The minimum absolute atomic E-state index is 0.269. The van der Waals surface area contributed by atoms with Crippen LogP contribution in [0.3, 0.4) is 0 Å². The van der Waals surface area contributed by atoms with E-state index in [1.54, 1.807) is 4.90 Å². The second-order valence-electron chi connectivity index (χ2n) is 10.7. The molecule has 3 aromatic rings. The molecule has 0 atom stereocenters. The zero-order valence-electron chi connectivity index (χ0n) is 21.9. The first-order valence-electron chi connectivity index (χ1n) is 12.8. The molecular weight excluding hydrogens is 454 g/mol. The highest BCUT2D eigenvalue weighted by Crippen LogP contribution is 2.30.